The highest BCUT2D eigenvalue weighted by atomic mass is 16.5. The van der Waals surface area contributed by atoms with E-state index < -0.39 is 12.1 Å². The van der Waals surface area contributed by atoms with E-state index in [4.69, 9.17) is 9.47 Å². The fourth-order valence-corrected chi connectivity index (χ4v) is 4.36. The van der Waals surface area contributed by atoms with E-state index in [0.29, 0.717) is 13.2 Å². The van der Waals surface area contributed by atoms with Crippen molar-refractivity contribution in [2.45, 2.75) is 103 Å². The van der Waals surface area contributed by atoms with Crippen LogP contribution >= 0.6 is 0 Å². The van der Waals surface area contributed by atoms with Crippen LogP contribution in [0.15, 0.2) is 48.5 Å². The van der Waals surface area contributed by atoms with Crippen LogP contribution < -0.4 is 20.4 Å². The van der Waals surface area contributed by atoms with Gasteiger partial charge in [-0.15, -0.1) is 0 Å². The number of benzene rings is 2. The summed E-state index contributed by atoms with van der Waals surface area (Å²) in [5.41, 5.74) is 5.97. The van der Waals surface area contributed by atoms with Crippen LogP contribution in [0.1, 0.15) is 114 Å². The number of unbranched alkanes of at least 4 members (excludes halogenated alkanes) is 10. The zero-order valence-corrected chi connectivity index (χ0v) is 22.3. The van der Waals surface area contributed by atoms with E-state index in [1.807, 2.05) is 48.5 Å². The van der Waals surface area contributed by atoms with Crippen LogP contribution in [0.25, 0.3) is 0 Å². The van der Waals surface area contributed by atoms with Gasteiger partial charge in [0.05, 0.1) is 19.3 Å². The van der Waals surface area contributed by atoms with Crippen molar-refractivity contribution >= 4 is 0 Å². The van der Waals surface area contributed by atoms with E-state index in [2.05, 4.69) is 24.8 Å². The fourth-order valence-electron chi connectivity index (χ4n) is 4.36. The Kier molecular flexibility index (Phi) is 15.9. The van der Waals surface area contributed by atoms with Crippen molar-refractivity contribution in [2.75, 3.05) is 13.2 Å². The molecule has 2 rings (SSSR count). The summed E-state index contributed by atoms with van der Waals surface area (Å²) in [6.07, 6.45) is 14.7. The van der Waals surface area contributed by atoms with Crippen LogP contribution in [0, 0.1) is 5.21 Å². The molecule has 0 amide bonds. The minimum Gasteiger partial charge on any atom is -0.787 e. The van der Waals surface area contributed by atoms with E-state index >= 15 is 0 Å². The predicted molar refractivity (Wildman–Crippen MR) is 148 cm³/mol. The first-order valence-corrected chi connectivity index (χ1v) is 14.0. The molecular formula is C30H47N2O4-. The summed E-state index contributed by atoms with van der Waals surface area (Å²) < 4.78 is 11.7. The monoisotopic (exact) mass is 499 g/mol. The summed E-state index contributed by atoms with van der Waals surface area (Å²) in [6, 6.07) is 13.8. The highest BCUT2D eigenvalue weighted by molar-refractivity contribution is 5.34. The van der Waals surface area contributed by atoms with E-state index in [-0.39, 0.29) is 0 Å². The van der Waals surface area contributed by atoms with Gasteiger partial charge >= 0.3 is 0 Å². The molecule has 0 aliphatic rings. The predicted octanol–water partition coefficient (Wildman–Crippen LogP) is 8.01. The van der Waals surface area contributed by atoms with Crippen LogP contribution in [0.3, 0.4) is 0 Å². The smallest absolute Gasteiger partial charge is 0.119 e. The molecular weight excluding hydrogens is 452 g/mol. The number of ether oxygens (including phenoxy) is 2. The minimum absolute atomic E-state index is 0.606. The van der Waals surface area contributed by atoms with E-state index in [9.17, 15) is 10.4 Å². The number of nitrogens with one attached hydrogen (secondary N) is 2. The number of hydrogen-bond donors (Lipinski definition) is 3. The van der Waals surface area contributed by atoms with Crippen molar-refractivity contribution in [1.29, 1.82) is 0 Å². The van der Waals surface area contributed by atoms with Gasteiger partial charge < -0.3 is 25.4 Å². The first-order valence-electron chi connectivity index (χ1n) is 14.0. The Labute approximate surface area is 218 Å². The summed E-state index contributed by atoms with van der Waals surface area (Å²) >= 11 is 0. The molecule has 0 aromatic heterocycles. The first kappa shape index (κ1) is 30.1. The summed E-state index contributed by atoms with van der Waals surface area (Å²) in [7, 11) is 0. The van der Waals surface area contributed by atoms with Gasteiger partial charge in [0, 0.05) is 6.04 Å². The molecule has 0 spiro atoms. The van der Waals surface area contributed by atoms with Crippen molar-refractivity contribution in [3.63, 3.8) is 0 Å². The third kappa shape index (κ3) is 11.3. The summed E-state index contributed by atoms with van der Waals surface area (Å²) in [4.78, 5) is 0. The second-order valence-corrected chi connectivity index (χ2v) is 9.57. The molecule has 2 atom stereocenters. The maximum absolute atomic E-state index is 11.9. The van der Waals surface area contributed by atoms with Crippen LogP contribution in [0.2, 0.25) is 0 Å². The molecule has 36 heavy (non-hydrogen) atoms. The lowest BCUT2D eigenvalue weighted by atomic mass is 9.94. The third-order valence-corrected chi connectivity index (χ3v) is 6.61. The number of hydroxylamine groups is 2. The molecule has 0 saturated carbocycles. The lowest BCUT2D eigenvalue weighted by molar-refractivity contribution is 0.109. The summed E-state index contributed by atoms with van der Waals surface area (Å²) in [5, 5.41) is 21.8. The maximum Gasteiger partial charge on any atom is 0.119 e. The quantitative estimate of drug-likeness (QED) is 0.119. The van der Waals surface area contributed by atoms with Crippen LogP contribution in [-0.4, -0.2) is 18.4 Å². The Balaban J connectivity index is 1.83. The molecule has 2 unspecified atom stereocenters. The molecule has 0 aliphatic heterocycles. The van der Waals surface area contributed by atoms with E-state index in [0.717, 1.165) is 35.5 Å². The second kappa shape index (κ2) is 19.1. The Morgan fingerprint density at radius 2 is 1.00 bits per heavy atom. The van der Waals surface area contributed by atoms with Gasteiger partial charge in [0.15, 0.2) is 0 Å². The minimum atomic E-state index is -0.655. The van der Waals surface area contributed by atoms with Crippen molar-refractivity contribution in [3.8, 4) is 11.5 Å². The second-order valence-electron chi connectivity index (χ2n) is 9.57. The highest BCUT2D eigenvalue weighted by Crippen LogP contribution is 2.30. The molecule has 0 fully saturated rings. The molecule has 6 nitrogen and oxygen atoms in total. The van der Waals surface area contributed by atoms with Crippen molar-refractivity contribution in [1.82, 2.24) is 11.0 Å². The van der Waals surface area contributed by atoms with Crippen LogP contribution in [0.4, 0.5) is 0 Å². The average Bonchev–Trinajstić information content (AvgIpc) is 2.91. The van der Waals surface area contributed by atoms with Gasteiger partial charge in [0.25, 0.3) is 0 Å². The molecule has 3 N–H and O–H groups in total. The number of rotatable bonds is 21. The van der Waals surface area contributed by atoms with Crippen molar-refractivity contribution in [2.24, 2.45) is 0 Å². The van der Waals surface area contributed by atoms with E-state index in [1.54, 1.807) is 0 Å². The molecule has 202 valence electrons. The van der Waals surface area contributed by atoms with Crippen LogP contribution in [-0.2, 0) is 0 Å². The van der Waals surface area contributed by atoms with Crippen molar-refractivity contribution < 1.29 is 14.7 Å². The topological polar surface area (TPSA) is 85.8 Å². The lowest BCUT2D eigenvalue weighted by Crippen LogP contribution is -2.31. The molecule has 0 radical (unpaired) electrons. The number of hydrogen-bond acceptors (Lipinski definition) is 6. The molecule has 6 heteroatoms. The molecule has 0 bridgehead atoms. The Morgan fingerprint density at radius 3 is 1.39 bits per heavy atom. The summed E-state index contributed by atoms with van der Waals surface area (Å²) in [6.45, 7) is 5.85. The SMILES string of the molecule is CCCCCCCCOc1ccc(C(N[O-])C(NO)c2ccc(OCCCCCCCC)cc2)cc1. The van der Waals surface area contributed by atoms with Crippen molar-refractivity contribution in [3.05, 3.63) is 64.9 Å². The molecule has 0 aliphatic carbocycles. The molecule has 2 aromatic rings. The Bertz CT molecular complexity index is 715. The van der Waals surface area contributed by atoms with E-state index in [1.165, 1.54) is 64.2 Å². The van der Waals surface area contributed by atoms with Gasteiger partial charge in [-0.25, -0.2) is 0 Å². The molecule has 0 saturated heterocycles. The Morgan fingerprint density at radius 1 is 0.611 bits per heavy atom. The maximum atomic E-state index is 11.9. The zero-order valence-electron chi connectivity index (χ0n) is 22.3. The third-order valence-electron chi connectivity index (χ3n) is 6.61. The Hall–Kier alpha value is -2.12. The van der Waals surface area contributed by atoms with Gasteiger partial charge in [-0.1, -0.05) is 102 Å². The molecule has 2 aromatic carbocycles. The van der Waals surface area contributed by atoms with Gasteiger partial charge in [-0.05, 0) is 48.2 Å². The fraction of sp³-hybridized carbons (Fsp3) is 0.600. The van der Waals surface area contributed by atoms with Crippen LogP contribution in [0.5, 0.6) is 11.5 Å². The summed E-state index contributed by atoms with van der Waals surface area (Å²) in [5.74, 6) is 1.58. The molecule has 0 heterocycles. The van der Waals surface area contributed by atoms with Gasteiger partial charge in [0.2, 0.25) is 0 Å². The average molecular weight is 500 g/mol. The standard InChI is InChI=1S/C30H47N2O4/c1-3-5-7-9-11-13-23-35-27-19-15-25(16-20-27)29(31-33)30(32-34)26-17-21-28(22-18-26)36-24-14-12-10-8-6-4-2/h15-22,29-33H,3-14,23-24H2,1-2H3/q-1. The van der Waals surface area contributed by atoms with Gasteiger partial charge in [-0.3, -0.25) is 0 Å². The largest absolute Gasteiger partial charge is 0.787 e. The van der Waals surface area contributed by atoms with Gasteiger partial charge in [0.1, 0.15) is 11.5 Å². The van der Waals surface area contributed by atoms with Gasteiger partial charge in [-0.2, -0.15) is 5.48 Å². The normalized spacial score (nSPS) is 12.9. The highest BCUT2D eigenvalue weighted by Gasteiger charge is 2.22. The lowest BCUT2D eigenvalue weighted by Gasteiger charge is -2.30. The first-order chi connectivity index (χ1) is 17.7. The zero-order chi connectivity index (χ0) is 25.8.